The van der Waals surface area contributed by atoms with E-state index in [9.17, 15) is 0 Å². The van der Waals surface area contributed by atoms with Gasteiger partial charge in [-0.05, 0) is 30.8 Å². The first-order valence-electron chi connectivity index (χ1n) is 4.38. The lowest BCUT2D eigenvalue weighted by molar-refractivity contribution is 0.439. The van der Waals surface area contributed by atoms with Gasteiger partial charge in [0.15, 0.2) is 0 Å². The maximum absolute atomic E-state index is 4.17. The maximum Gasteiger partial charge on any atom is 0.0342 e. The summed E-state index contributed by atoms with van der Waals surface area (Å²) in [6, 6.07) is 0. The van der Waals surface area contributed by atoms with Crippen molar-refractivity contribution < 1.29 is 0 Å². The smallest absolute Gasteiger partial charge is 0.0342 e. The molecule has 0 spiro atoms. The topological polar surface area (TPSA) is 12.4 Å². The largest absolute Gasteiger partial charge is 0.293 e. The van der Waals surface area contributed by atoms with Crippen molar-refractivity contribution in [3.63, 3.8) is 0 Å². The van der Waals surface area contributed by atoms with Gasteiger partial charge in [-0.1, -0.05) is 19.9 Å². The highest BCUT2D eigenvalue weighted by atomic mass is 14.7. The minimum atomic E-state index is 0.778. The first-order valence-corrected chi connectivity index (χ1v) is 4.38. The summed E-state index contributed by atoms with van der Waals surface area (Å²) in [6.07, 6.45) is 6.92. The van der Waals surface area contributed by atoms with E-state index in [1.807, 2.05) is 7.05 Å². The Labute approximate surface area is 69.2 Å². The molecule has 0 aliphatic heterocycles. The molecule has 0 heterocycles. The number of hydrogen-bond acceptors (Lipinski definition) is 1. The first-order chi connectivity index (χ1) is 5.24. The minimum absolute atomic E-state index is 0.778. The van der Waals surface area contributed by atoms with Gasteiger partial charge >= 0.3 is 0 Å². The van der Waals surface area contributed by atoms with E-state index >= 15 is 0 Å². The van der Waals surface area contributed by atoms with E-state index in [2.05, 4.69) is 31.0 Å². The Balaban J connectivity index is 2.56. The lowest BCUT2D eigenvalue weighted by atomic mass is 9.86. The molecule has 62 valence electrons. The molecule has 0 aromatic carbocycles. The quantitative estimate of drug-likeness (QED) is 0.546. The van der Waals surface area contributed by atoms with Crippen LogP contribution in [0.5, 0.6) is 0 Å². The molecule has 1 heteroatoms. The van der Waals surface area contributed by atoms with Crippen LogP contribution in [0.1, 0.15) is 26.7 Å². The second-order valence-electron chi connectivity index (χ2n) is 3.52. The second-order valence-corrected chi connectivity index (χ2v) is 3.52. The number of aliphatic imine (C=N–C) groups is 1. The molecular formula is C10H17N. The summed E-state index contributed by atoms with van der Waals surface area (Å²) in [4.78, 5) is 4.17. The number of nitrogens with zero attached hydrogens (tertiary/aromatic N) is 1. The number of hydrogen-bond donors (Lipinski definition) is 0. The first kappa shape index (κ1) is 8.51. The van der Waals surface area contributed by atoms with E-state index in [0.717, 1.165) is 18.3 Å². The Hall–Kier alpha value is -0.590. The Kier molecular flexibility index (Phi) is 2.86. The predicted molar refractivity (Wildman–Crippen MR) is 50.1 cm³/mol. The van der Waals surface area contributed by atoms with E-state index in [1.165, 1.54) is 12.1 Å². The third-order valence-corrected chi connectivity index (χ3v) is 2.41. The van der Waals surface area contributed by atoms with Crippen molar-refractivity contribution in [2.45, 2.75) is 26.7 Å². The van der Waals surface area contributed by atoms with Crippen molar-refractivity contribution in [2.24, 2.45) is 16.8 Å². The van der Waals surface area contributed by atoms with Crippen LogP contribution in [0.3, 0.4) is 0 Å². The molecule has 1 rings (SSSR count). The minimum Gasteiger partial charge on any atom is -0.293 e. The summed E-state index contributed by atoms with van der Waals surface area (Å²) < 4.78 is 0. The van der Waals surface area contributed by atoms with E-state index in [-0.39, 0.29) is 0 Å². The SMILES string of the molecule is CN=C1C=CC(C(C)C)CC1. The molecule has 0 saturated heterocycles. The molecule has 1 aliphatic rings. The summed E-state index contributed by atoms with van der Waals surface area (Å²) in [6.45, 7) is 4.56. The van der Waals surface area contributed by atoms with Gasteiger partial charge in [-0.2, -0.15) is 0 Å². The van der Waals surface area contributed by atoms with Crippen LogP contribution >= 0.6 is 0 Å². The standard InChI is InChI=1S/C10H17N/c1-8(2)9-4-6-10(11-3)7-5-9/h4,6,8-9H,5,7H2,1-3H3. The molecule has 0 N–H and O–H groups in total. The summed E-state index contributed by atoms with van der Waals surface area (Å²) in [5.74, 6) is 1.56. The van der Waals surface area contributed by atoms with E-state index < -0.39 is 0 Å². The lowest BCUT2D eigenvalue weighted by Crippen LogP contribution is -2.12. The van der Waals surface area contributed by atoms with Gasteiger partial charge in [-0.3, -0.25) is 4.99 Å². The number of allylic oxidation sites excluding steroid dienone is 2. The fraction of sp³-hybridized carbons (Fsp3) is 0.700. The van der Waals surface area contributed by atoms with Crippen molar-refractivity contribution >= 4 is 5.71 Å². The zero-order valence-corrected chi connectivity index (χ0v) is 7.67. The summed E-state index contributed by atoms with van der Waals surface area (Å²) in [5, 5.41) is 0. The molecule has 0 radical (unpaired) electrons. The highest BCUT2D eigenvalue weighted by molar-refractivity contribution is 5.95. The molecule has 0 aromatic heterocycles. The average molecular weight is 151 g/mol. The molecule has 0 amide bonds. The Bertz CT molecular complexity index is 177. The summed E-state index contributed by atoms with van der Waals surface area (Å²) >= 11 is 0. The van der Waals surface area contributed by atoms with Crippen LogP contribution in [0, 0.1) is 11.8 Å². The molecule has 1 unspecified atom stereocenters. The van der Waals surface area contributed by atoms with Gasteiger partial charge in [0, 0.05) is 12.8 Å². The molecule has 11 heavy (non-hydrogen) atoms. The van der Waals surface area contributed by atoms with Gasteiger partial charge in [-0.25, -0.2) is 0 Å². The fourth-order valence-electron chi connectivity index (χ4n) is 1.47. The van der Waals surface area contributed by atoms with Gasteiger partial charge in [0.2, 0.25) is 0 Å². The third-order valence-electron chi connectivity index (χ3n) is 2.41. The van der Waals surface area contributed by atoms with Gasteiger partial charge in [0.1, 0.15) is 0 Å². The summed E-state index contributed by atoms with van der Waals surface area (Å²) in [5.41, 5.74) is 1.25. The molecule has 1 aliphatic carbocycles. The van der Waals surface area contributed by atoms with E-state index in [1.54, 1.807) is 0 Å². The molecule has 0 saturated carbocycles. The van der Waals surface area contributed by atoms with Crippen LogP contribution in [-0.2, 0) is 0 Å². The van der Waals surface area contributed by atoms with Crippen LogP contribution in [-0.4, -0.2) is 12.8 Å². The normalized spacial score (nSPS) is 28.4. The van der Waals surface area contributed by atoms with Crippen molar-refractivity contribution in [2.75, 3.05) is 7.05 Å². The van der Waals surface area contributed by atoms with Gasteiger partial charge < -0.3 is 0 Å². The summed E-state index contributed by atoms with van der Waals surface area (Å²) in [7, 11) is 1.87. The fourth-order valence-corrected chi connectivity index (χ4v) is 1.47. The van der Waals surface area contributed by atoms with Crippen LogP contribution < -0.4 is 0 Å². The molecule has 1 nitrogen and oxygen atoms in total. The molecule has 0 fully saturated rings. The maximum atomic E-state index is 4.17. The van der Waals surface area contributed by atoms with Crippen LogP contribution in [0.25, 0.3) is 0 Å². The van der Waals surface area contributed by atoms with Crippen LogP contribution in [0.15, 0.2) is 17.1 Å². The van der Waals surface area contributed by atoms with Crippen molar-refractivity contribution in [1.82, 2.24) is 0 Å². The zero-order valence-electron chi connectivity index (χ0n) is 7.67. The molecule has 0 aromatic rings. The molecule has 1 atom stereocenters. The van der Waals surface area contributed by atoms with Crippen LogP contribution in [0.2, 0.25) is 0 Å². The predicted octanol–water partition coefficient (Wildman–Crippen LogP) is 2.68. The zero-order chi connectivity index (χ0) is 8.27. The highest BCUT2D eigenvalue weighted by Gasteiger charge is 2.14. The van der Waals surface area contributed by atoms with E-state index in [0.29, 0.717) is 0 Å². The lowest BCUT2D eigenvalue weighted by Gasteiger charge is -2.20. The van der Waals surface area contributed by atoms with Gasteiger partial charge in [0.05, 0.1) is 0 Å². The monoisotopic (exact) mass is 151 g/mol. The average Bonchev–Trinajstić information content (AvgIpc) is 2.05. The van der Waals surface area contributed by atoms with Crippen molar-refractivity contribution in [3.8, 4) is 0 Å². The Morgan fingerprint density at radius 3 is 2.64 bits per heavy atom. The Morgan fingerprint density at radius 2 is 2.27 bits per heavy atom. The van der Waals surface area contributed by atoms with Crippen molar-refractivity contribution in [1.29, 1.82) is 0 Å². The van der Waals surface area contributed by atoms with Crippen molar-refractivity contribution in [3.05, 3.63) is 12.2 Å². The van der Waals surface area contributed by atoms with Gasteiger partial charge in [0.25, 0.3) is 0 Å². The van der Waals surface area contributed by atoms with E-state index in [4.69, 9.17) is 0 Å². The Morgan fingerprint density at radius 1 is 1.55 bits per heavy atom. The van der Waals surface area contributed by atoms with Crippen LogP contribution in [0.4, 0.5) is 0 Å². The number of rotatable bonds is 1. The molecular weight excluding hydrogens is 134 g/mol. The highest BCUT2D eigenvalue weighted by Crippen LogP contribution is 2.22. The molecule has 0 bridgehead atoms. The van der Waals surface area contributed by atoms with Gasteiger partial charge in [-0.15, -0.1) is 0 Å². The second kappa shape index (κ2) is 3.70. The third kappa shape index (κ3) is 2.18.